The van der Waals surface area contributed by atoms with Crippen LogP contribution < -0.4 is 10.5 Å². The van der Waals surface area contributed by atoms with Gasteiger partial charge in [0.05, 0.1) is 19.3 Å². The molecule has 4 rings (SSSR count). The van der Waals surface area contributed by atoms with E-state index in [0.29, 0.717) is 23.6 Å². The molecule has 5 atom stereocenters. The topological polar surface area (TPSA) is 153 Å². The van der Waals surface area contributed by atoms with Crippen molar-refractivity contribution in [1.82, 2.24) is 15.0 Å². The summed E-state index contributed by atoms with van der Waals surface area (Å²) in [6, 6.07) is 12.9. The number of nitrogens with two attached hydrogens (primary N) is 1. The summed E-state index contributed by atoms with van der Waals surface area (Å²) in [5.74, 6) is 0.0414. The van der Waals surface area contributed by atoms with Gasteiger partial charge in [-0.3, -0.25) is 4.79 Å². The smallest absolute Gasteiger partial charge is 0.270 e. The number of aromatic nitrogens is 3. The minimum Gasteiger partial charge on any atom is -0.494 e. The number of nitrogens with zero attached hydrogens (tertiary/aromatic N) is 3. The maximum absolute atomic E-state index is 11.3. The molecule has 1 fully saturated rings. The van der Waals surface area contributed by atoms with E-state index >= 15 is 0 Å². The van der Waals surface area contributed by atoms with E-state index in [0.717, 1.165) is 16.9 Å². The molecule has 1 saturated heterocycles. The zero-order chi connectivity index (χ0) is 25.1. The number of carbonyl (C=O) groups is 1. The summed E-state index contributed by atoms with van der Waals surface area (Å²) < 4.78 is 12.8. The average Bonchev–Trinajstić information content (AvgIpc) is 3.31. The lowest BCUT2D eigenvalue weighted by atomic mass is 9.90. The number of carbonyl (C=O) groups excluding carboxylic acids is 1. The molecular weight excluding hydrogens is 476 g/mol. The third kappa shape index (κ3) is 5.63. The lowest BCUT2D eigenvalue weighted by molar-refractivity contribution is -0.228. The summed E-state index contributed by atoms with van der Waals surface area (Å²) in [5.41, 5.74) is 7.58. The second-order valence-corrected chi connectivity index (χ2v) is 8.77. The Bertz CT molecular complexity index is 1170. The molecule has 0 saturated carbocycles. The maximum Gasteiger partial charge on any atom is 0.270 e. The van der Waals surface area contributed by atoms with Crippen molar-refractivity contribution in [3.63, 3.8) is 0 Å². The minimum atomic E-state index is -1.47. The zero-order valence-corrected chi connectivity index (χ0v) is 19.7. The molecule has 2 aromatic carbocycles. The molecule has 0 radical (unpaired) electrons. The number of benzene rings is 2. The van der Waals surface area contributed by atoms with Crippen LogP contribution in [0.3, 0.4) is 0 Å². The van der Waals surface area contributed by atoms with Crippen molar-refractivity contribution in [2.45, 2.75) is 50.4 Å². The highest BCUT2D eigenvalue weighted by Crippen LogP contribution is 2.35. The SMILES string of the molecule is CCOc1ccc(Cc2cc([C@@H]3O[C@H](Cn4cc(C(N)=O)nn4)[C@@H](O)[C@H](O)[C@H]3O)ccc2Cl)cc1. The van der Waals surface area contributed by atoms with Crippen molar-refractivity contribution in [2.75, 3.05) is 6.61 Å². The normalized spacial score (nSPS) is 24.3. The van der Waals surface area contributed by atoms with Crippen LogP contribution in [0.25, 0.3) is 0 Å². The van der Waals surface area contributed by atoms with Crippen LogP contribution in [0.4, 0.5) is 0 Å². The number of rotatable bonds is 8. The van der Waals surface area contributed by atoms with Crippen LogP contribution in [0, 0.1) is 0 Å². The van der Waals surface area contributed by atoms with E-state index in [1.165, 1.54) is 10.9 Å². The Balaban J connectivity index is 1.54. The molecule has 2 heterocycles. The molecule has 3 aromatic rings. The highest BCUT2D eigenvalue weighted by atomic mass is 35.5. The van der Waals surface area contributed by atoms with Gasteiger partial charge in [0.25, 0.3) is 5.91 Å². The first-order valence-corrected chi connectivity index (χ1v) is 11.5. The molecule has 10 nitrogen and oxygen atoms in total. The number of hydrogen-bond donors (Lipinski definition) is 4. The van der Waals surface area contributed by atoms with Crippen molar-refractivity contribution in [1.29, 1.82) is 0 Å². The van der Waals surface area contributed by atoms with Crippen LogP contribution in [-0.4, -0.2) is 67.2 Å². The number of hydrogen-bond acceptors (Lipinski definition) is 8. The van der Waals surface area contributed by atoms with Gasteiger partial charge in [-0.25, -0.2) is 4.68 Å². The maximum atomic E-state index is 11.3. The number of halogens is 1. The van der Waals surface area contributed by atoms with Crippen molar-refractivity contribution < 1.29 is 29.6 Å². The van der Waals surface area contributed by atoms with Crippen LogP contribution in [0.2, 0.25) is 5.02 Å². The highest BCUT2D eigenvalue weighted by Gasteiger charge is 2.44. The number of aliphatic hydroxyl groups is 3. The van der Waals surface area contributed by atoms with Crippen LogP contribution in [0.1, 0.15) is 40.2 Å². The van der Waals surface area contributed by atoms with Crippen LogP contribution in [0.5, 0.6) is 5.75 Å². The Kier molecular flexibility index (Phi) is 7.68. The van der Waals surface area contributed by atoms with Crippen molar-refractivity contribution >= 4 is 17.5 Å². The fourth-order valence-electron chi connectivity index (χ4n) is 4.06. The molecule has 186 valence electrons. The molecule has 0 unspecified atom stereocenters. The lowest BCUT2D eigenvalue weighted by Crippen LogP contribution is -2.55. The van der Waals surface area contributed by atoms with Gasteiger partial charge < -0.3 is 30.5 Å². The molecular formula is C24H27ClN4O6. The molecule has 11 heteroatoms. The Labute approximate surface area is 206 Å². The number of amides is 1. The first-order valence-electron chi connectivity index (χ1n) is 11.2. The van der Waals surface area contributed by atoms with Crippen LogP contribution >= 0.6 is 11.6 Å². The van der Waals surface area contributed by atoms with E-state index < -0.39 is 36.4 Å². The molecule has 1 amide bonds. The first kappa shape index (κ1) is 25.1. The number of ether oxygens (including phenoxy) is 2. The molecule has 0 spiro atoms. The quantitative estimate of drug-likeness (QED) is 0.359. The lowest BCUT2D eigenvalue weighted by Gasteiger charge is -2.41. The highest BCUT2D eigenvalue weighted by molar-refractivity contribution is 6.31. The summed E-state index contributed by atoms with van der Waals surface area (Å²) in [4.78, 5) is 11.3. The summed E-state index contributed by atoms with van der Waals surface area (Å²) in [6.45, 7) is 2.49. The van der Waals surface area contributed by atoms with Crippen molar-refractivity contribution in [3.8, 4) is 5.75 Å². The number of aliphatic hydroxyl groups excluding tert-OH is 3. The molecule has 0 aliphatic carbocycles. The molecule has 1 aliphatic rings. The van der Waals surface area contributed by atoms with E-state index in [1.807, 2.05) is 37.3 Å². The minimum absolute atomic E-state index is 0.0195. The molecule has 35 heavy (non-hydrogen) atoms. The van der Waals surface area contributed by atoms with Crippen molar-refractivity contribution in [2.24, 2.45) is 5.73 Å². The van der Waals surface area contributed by atoms with Crippen molar-refractivity contribution in [3.05, 3.63) is 76.1 Å². The first-order chi connectivity index (χ1) is 16.8. The Morgan fingerprint density at radius 3 is 2.54 bits per heavy atom. The third-order valence-corrected chi connectivity index (χ3v) is 6.27. The Morgan fingerprint density at radius 1 is 1.14 bits per heavy atom. The van der Waals surface area contributed by atoms with E-state index in [-0.39, 0.29) is 12.2 Å². The van der Waals surface area contributed by atoms with Gasteiger partial charge in [0.1, 0.15) is 36.3 Å². The molecule has 5 N–H and O–H groups in total. The Hall–Kier alpha value is -3.02. The largest absolute Gasteiger partial charge is 0.494 e. The predicted octanol–water partition coefficient (Wildman–Crippen LogP) is 1.24. The second-order valence-electron chi connectivity index (χ2n) is 8.36. The average molecular weight is 503 g/mol. The Morgan fingerprint density at radius 2 is 1.89 bits per heavy atom. The van der Waals surface area contributed by atoms with Gasteiger partial charge in [0.15, 0.2) is 5.69 Å². The van der Waals surface area contributed by atoms with E-state index in [4.69, 9.17) is 26.8 Å². The zero-order valence-electron chi connectivity index (χ0n) is 19.0. The van der Waals surface area contributed by atoms with Crippen LogP contribution in [0.15, 0.2) is 48.7 Å². The van der Waals surface area contributed by atoms with Gasteiger partial charge in [-0.1, -0.05) is 41.1 Å². The van der Waals surface area contributed by atoms with Gasteiger partial charge in [0, 0.05) is 5.02 Å². The second kappa shape index (κ2) is 10.7. The van der Waals surface area contributed by atoms with Gasteiger partial charge in [-0.2, -0.15) is 0 Å². The summed E-state index contributed by atoms with van der Waals surface area (Å²) in [5, 5.41) is 39.7. The third-order valence-electron chi connectivity index (χ3n) is 5.90. The van der Waals surface area contributed by atoms with E-state index in [1.54, 1.807) is 12.1 Å². The van der Waals surface area contributed by atoms with E-state index in [9.17, 15) is 20.1 Å². The fraction of sp³-hybridized carbons (Fsp3) is 0.375. The molecule has 1 aliphatic heterocycles. The predicted molar refractivity (Wildman–Crippen MR) is 126 cm³/mol. The van der Waals surface area contributed by atoms with E-state index in [2.05, 4.69) is 10.3 Å². The van der Waals surface area contributed by atoms with Crippen LogP contribution in [-0.2, 0) is 17.7 Å². The van der Waals surface area contributed by atoms with Gasteiger partial charge in [0.2, 0.25) is 0 Å². The number of primary amides is 1. The van der Waals surface area contributed by atoms with Gasteiger partial charge in [-0.15, -0.1) is 5.10 Å². The standard InChI is InChI=1S/C24H27ClN4O6/c1-2-34-16-6-3-13(4-7-16)9-15-10-14(5-8-17(15)25)23-22(32)21(31)20(30)19(35-23)12-29-11-18(24(26)33)27-28-29/h3-8,10-11,19-23,30-32H,2,9,12H2,1H3,(H2,26,33)/t19-,20-,21+,22-,23+/m1/s1. The fourth-order valence-corrected chi connectivity index (χ4v) is 4.24. The summed E-state index contributed by atoms with van der Waals surface area (Å²) in [7, 11) is 0. The summed E-state index contributed by atoms with van der Waals surface area (Å²) >= 11 is 6.44. The van der Waals surface area contributed by atoms with Gasteiger partial charge >= 0.3 is 0 Å². The molecule has 0 bridgehead atoms. The monoisotopic (exact) mass is 502 g/mol. The van der Waals surface area contributed by atoms with Gasteiger partial charge in [-0.05, 0) is 48.2 Å². The summed E-state index contributed by atoms with van der Waals surface area (Å²) in [6.07, 6.45) is -4.26. The molecule has 1 aromatic heterocycles.